The van der Waals surface area contributed by atoms with Crippen LogP contribution in [0.25, 0.3) is 0 Å². The Morgan fingerprint density at radius 3 is 1.45 bits per heavy atom. The van der Waals surface area contributed by atoms with E-state index < -0.39 is 7.92 Å². The van der Waals surface area contributed by atoms with Crippen molar-refractivity contribution in [1.29, 1.82) is 0 Å². The monoisotopic (exact) mass is 602 g/mol. The molecule has 4 aromatic rings. The second-order valence-corrected chi connectivity index (χ2v) is 8.82. The molecule has 0 bridgehead atoms. The van der Waals surface area contributed by atoms with Crippen LogP contribution in [0.15, 0.2) is 115 Å². The van der Waals surface area contributed by atoms with E-state index >= 15 is 0 Å². The Kier molecular flexibility index (Phi) is 10.2. The minimum atomic E-state index is -0.446. The second-order valence-electron chi connectivity index (χ2n) is 6.60. The predicted octanol–water partition coefficient (Wildman–Crippen LogP) is 5.27. The average Bonchev–Trinajstić information content (AvgIpc) is 2.82. The third-order valence-electron chi connectivity index (χ3n) is 4.46. The Morgan fingerprint density at radius 2 is 1.10 bits per heavy atom. The molecule has 4 aromatic carbocycles. The van der Waals surface area contributed by atoms with Gasteiger partial charge in [0.05, 0.1) is 0 Å². The van der Waals surface area contributed by atoms with Gasteiger partial charge in [0.2, 0.25) is 0 Å². The molecule has 3 heteroatoms. The minimum absolute atomic E-state index is 0. The number of rotatable bonds is 4. The van der Waals surface area contributed by atoms with Crippen molar-refractivity contribution < 1.29 is 27.2 Å². The van der Waals surface area contributed by atoms with Gasteiger partial charge < -0.3 is 6.42 Å². The van der Waals surface area contributed by atoms with E-state index in [2.05, 4.69) is 96.9 Å². The van der Waals surface area contributed by atoms with Crippen LogP contribution in [0, 0.1) is 12.3 Å². The van der Waals surface area contributed by atoms with Crippen molar-refractivity contribution in [3.05, 3.63) is 133 Å². The van der Waals surface area contributed by atoms with Crippen LogP contribution in [0.4, 0.5) is 0 Å². The van der Waals surface area contributed by atoms with Crippen LogP contribution in [-0.2, 0) is 22.4 Å². The molecule has 0 unspecified atom stereocenters. The van der Waals surface area contributed by atoms with Gasteiger partial charge in [-0.25, -0.2) is 0 Å². The Labute approximate surface area is 201 Å². The van der Waals surface area contributed by atoms with Gasteiger partial charge in [0.25, 0.3) is 0 Å². The summed E-state index contributed by atoms with van der Waals surface area (Å²) in [6.45, 7) is 1.50. The first-order valence-corrected chi connectivity index (χ1v) is 11.0. The summed E-state index contributed by atoms with van der Waals surface area (Å²) in [4.78, 5) is 10.8. The summed E-state index contributed by atoms with van der Waals surface area (Å²) in [6, 6.07) is 39.2. The Balaban J connectivity index is 0.000000245. The van der Waals surface area contributed by atoms with Crippen LogP contribution >= 0.6 is 7.92 Å². The van der Waals surface area contributed by atoms with Crippen LogP contribution < -0.4 is 15.9 Å². The third kappa shape index (κ3) is 7.18. The smallest absolute Gasteiger partial charge is 0.366 e. The average molecular weight is 602 g/mol. The normalized spacial score (nSPS) is 9.58. The van der Waals surface area contributed by atoms with Crippen molar-refractivity contribution in [2.24, 2.45) is 0 Å². The standard InChI is InChI=1S/C18H15P.C10H7O.Au/c1-4-10-16(11-5-1)19(17-12-6-2-7-13-17)18-14-8-3-9-15-18;1-3-9-5-4-6-10(7-9)8(2)11;/h1-15H;4-7H,2H3;/q;-1;+1. The Morgan fingerprint density at radius 1 is 0.677 bits per heavy atom. The fourth-order valence-electron chi connectivity index (χ4n) is 2.99. The van der Waals surface area contributed by atoms with Crippen molar-refractivity contribution in [3.8, 4) is 5.92 Å². The summed E-state index contributed by atoms with van der Waals surface area (Å²) in [7, 11) is -0.446. The molecule has 0 fully saturated rings. The summed E-state index contributed by atoms with van der Waals surface area (Å²) in [6.07, 6.45) is 6.82. The molecular weight excluding hydrogens is 580 g/mol. The maximum absolute atomic E-state index is 10.8. The molecular formula is C28H22AuOP. The molecule has 0 amide bonds. The van der Waals surface area contributed by atoms with E-state index in [1.807, 2.05) is 0 Å². The first-order chi connectivity index (χ1) is 14.7. The maximum Gasteiger partial charge on any atom is 1.00 e. The zero-order valence-electron chi connectivity index (χ0n) is 17.1. The molecule has 0 heterocycles. The van der Waals surface area contributed by atoms with Gasteiger partial charge in [-0.05, 0) is 30.8 Å². The molecule has 0 spiro atoms. The summed E-state index contributed by atoms with van der Waals surface area (Å²) < 4.78 is 0. The summed E-state index contributed by atoms with van der Waals surface area (Å²) in [5.74, 6) is 2.24. The molecule has 0 atom stereocenters. The van der Waals surface area contributed by atoms with Crippen LogP contribution in [0.1, 0.15) is 22.8 Å². The van der Waals surface area contributed by atoms with Gasteiger partial charge in [-0.2, -0.15) is 0 Å². The van der Waals surface area contributed by atoms with Gasteiger partial charge in [-0.3, -0.25) is 10.7 Å². The van der Waals surface area contributed by atoms with Gasteiger partial charge in [-0.15, -0.1) is 17.7 Å². The largest absolute Gasteiger partial charge is 1.00 e. The van der Waals surface area contributed by atoms with Crippen molar-refractivity contribution in [2.45, 2.75) is 6.92 Å². The molecule has 4 rings (SSSR count). The number of hydrogen-bond acceptors (Lipinski definition) is 1. The van der Waals surface area contributed by atoms with Crippen LogP contribution in [0.3, 0.4) is 0 Å². The van der Waals surface area contributed by atoms with Gasteiger partial charge in [0.1, 0.15) is 0 Å². The molecule has 0 aliphatic rings. The topological polar surface area (TPSA) is 17.1 Å². The number of Topliss-reactive ketones (excluding diaryl/α,β-unsaturated/α-hetero) is 1. The molecule has 0 N–H and O–H groups in total. The number of ketones is 1. The molecule has 0 saturated carbocycles. The van der Waals surface area contributed by atoms with E-state index in [9.17, 15) is 4.79 Å². The fraction of sp³-hybridized carbons (Fsp3) is 0.0357. The molecule has 0 saturated heterocycles. The number of hydrogen-bond donors (Lipinski definition) is 0. The third-order valence-corrected chi connectivity index (χ3v) is 6.90. The number of carbonyl (C=O) groups excluding carboxylic acids is 1. The molecule has 0 aliphatic carbocycles. The number of carbonyl (C=O) groups is 1. The molecule has 156 valence electrons. The quantitative estimate of drug-likeness (QED) is 0.102. The second kappa shape index (κ2) is 12.9. The Hall–Kier alpha value is -2.72. The first-order valence-electron chi connectivity index (χ1n) is 9.68. The van der Waals surface area contributed by atoms with E-state index in [4.69, 9.17) is 6.42 Å². The summed E-state index contributed by atoms with van der Waals surface area (Å²) >= 11 is 0. The van der Waals surface area contributed by atoms with Crippen LogP contribution in [-0.4, -0.2) is 5.78 Å². The van der Waals surface area contributed by atoms with Gasteiger partial charge in [0.15, 0.2) is 5.78 Å². The zero-order chi connectivity index (χ0) is 21.2. The SMILES string of the molecule is [Au+].[C-]#Cc1cccc(C(C)=O)c1.c1ccc(P(c2ccccc2)c2ccccc2)cc1. The summed E-state index contributed by atoms with van der Waals surface area (Å²) in [5.41, 5.74) is 1.26. The van der Waals surface area contributed by atoms with Crippen molar-refractivity contribution in [3.63, 3.8) is 0 Å². The molecule has 0 aromatic heterocycles. The van der Waals surface area contributed by atoms with Crippen molar-refractivity contribution in [1.82, 2.24) is 0 Å². The minimum Gasteiger partial charge on any atom is -0.366 e. The molecule has 31 heavy (non-hydrogen) atoms. The van der Waals surface area contributed by atoms with Gasteiger partial charge in [0, 0.05) is 5.56 Å². The van der Waals surface area contributed by atoms with E-state index in [0.717, 1.165) is 0 Å². The van der Waals surface area contributed by atoms with Gasteiger partial charge in [-0.1, -0.05) is 103 Å². The van der Waals surface area contributed by atoms with E-state index in [1.165, 1.54) is 22.8 Å². The maximum atomic E-state index is 10.8. The number of benzene rings is 4. The van der Waals surface area contributed by atoms with E-state index in [-0.39, 0.29) is 28.2 Å². The van der Waals surface area contributed by atoms with Crippen molar-refractivity contribution in [2.75, 3.05) is 0 Å². The Bertz CT molecular complexity index is 1030. The summed E-state index contributed by atoms with van der Waals surface area (Å²) in [5, 5.41) is 4.19. The molecule has 0 aliphatic heterocycles. The van der Waals surface area contributed by atoms with E-state index in [1.54, 1.807) is 24.3 Å². The fourth-order valence-corrected chi connectivity index (χ4v) is 5.30. The zero-order valence-corrected chi connectivity index (χ0v) is 20.2. The predicted molar refractivity (Wildman–Crippen MR) is 128 cm³/mol. The first kappa shape index (κ1) is 24.5. The van der Waals surface area contributed by atoms with Crippen LogP contribution in [0.5, 0.6) is 0 Å². The van der Waals surface area contributed by atoms with Crippen LogP contribution in [0.2, 0.25) is 0 Å². The van der Waals surface area contributed by atoms with E-state index in [0.29, 0.717) is 11.1 Å². The van der Waals surface area contributed by atoms with Crippen molar-refractivity contribution >= 4 is 29.6 Å². The molecule has 0 radical (unpaired) electrons. The van der Waals surface area contributed by atoms with Gasteiger partial charge >= 0.3 is 22.4 Å². The molecule has 1 nitrogen and oxygen atoms in total.